The molecule has 2 aromatic carbocycles. The zero-order chi connectivity index (χ0) is 19.7. The summed E-state index contributed by atoms with van der Waals surface area (Å²) in [4.78, 5) is 22.3. The van der Waals surface area contributed by atoms with Gasteiger partial charge in [-0.15, -0.1) is 0 Å². The van der Waals surface area contributed by atoms with Gasteiger partial charge in [0.05, 0.1) is 35.6 Å². The molecule has 0 N–H and O–H groups in total. The summed E-state index contributed by atoms with van der Waals surface area (Å²) in [6.45, 7) is 0. The molecule has 28 heavy (non-hydrogen) atoms. The molecule has 0 aliphatic rings. The number of ether oxygens (including phenoxy) is 1. The van der Waals surface area contributed by atoms with E-state index >= 15 is 0 Å². The van der Waals surface area contributed by atoms with Crippen molar-refractivity contribution in [3.63, 3.8) is 0 Å². The van der Waals surface area contributed by atoms with E-state index in [4.69, 9.17) is 21.3 Å². The van der Waals surface area contributed by atoms with Gasteiger partial charge >= 0.3 is 0 Å². The van der Waals surface area contributed by atoms with Crippen LogP contribution in [0, 0.1) is 0 Å². The van der Waals surface area contributed by atoms with Crippen LogP contribution < -0.4 is 10.3 Å². The van der Waals surface area contributed by atoms with E-state index in [-0.39, 0.29) is 5.56 Å². The normalized spacial score (nSPS) is 11.1. The Balaban J connectivity index is 1.82. The summed E-state index contributed by atoms with van der Waals surface area (Å²) < 4.78 is 8.66. The molecule has 142 valence electrons. The Morgan fingerprint density at radius 2 is 1.89 bits per heavy atom. The molecule has 8 heteroatoms. The highest BCUT2D eigenvalue weighted by atomic mass is 35.5. The number of thioether (sulfide) groups is 1. The molecule has 0 aliphatic carbocycles. The fraction of sp³-hybridized carbons (Fsp3) is 0.150. The summed E-state index contributed by atoms with van der Waals surface area (Å²) in [7, 11) is 3.47. The molecule has 0 bridgehead atoms. The fourth-order valence-electron chi connectivity index (χ4n) is 2.86. The highest BCUT2D eigenvalue weighted by molar-refractivity contribution is 7.98. The second-order valence-electron chi connectivity index (χ2n) is 6.09. The van der Waals surface area contributed by atoms with Gasteiger partial charge < -0.3 is 9.30 Å². The second-order valence-corrected chi connectivity index (χ2v) is 7.42. The van der Waals surface area contributed by atoms with Crippen LogP contribution in [-0.4, -0.2) is 26.2 Å². The Bertz CT molecular complexity index is 1200. The zero-order valence-electron chi connectivity index (χ0n) is 15.3. The van der Waals surface area contributed by atoms with Crippen LogP contribution in [0.3, 0.4) is 0 Å². The van der Waals surface area contributed by atoms with Crippen molar-refractivity contribution in [1.82, 2.24) is 19.1 Å². The van der Waals surface area contributed by atoms with Crippen molar-refractivity contribution in [2.75, 3.05) is 7.11 Å². The Morgan fingerprint density at radius 3 is 2.57 bits per heavy atom. The molecule has 0 atom stereocenters. The van der Waals surface area contributed by atoms with E-state index in [1.807, 2.05) is 54.1 Å². The lowest BCUT2D eigenvalue weighted by Gasteiger charge is -2.13. The predicted octanol–water partition coefficient (Wildman–Crippen LogP) is 4.07. The number of benzene rings is 2. The summed E-state index contributed by atoms with van der Waals surface area (Å²) in [6, 6.07) is 14.7. The minimum absolute atomic E-state index is 0.115. The van der Waals surface area contributed by atoms with Crippen molar-refractivity contribution >= 4 is 34.3 Å². The number of methoxy groups -OCH3 is 1. The molecule has 0 spiro atoms. The van der Waals surface area contributed by atoms with Gasteiger partial charge in [0.25, 0.3) is 5.56 Å². The van der Waals surface area contributed by atoms with Crippen LogP contribution in [0.2, 0.25) is 5.15 Å². The van der Waals surface area contributed by atoms with Crippen LogP contribution in [0.1, 0.15) is 5.82 Å². The summed E-state index contributed by atoms with van der Waals surface area (Å²) in [5.74, 6) is 2.06. The van der Waals surface area contributed by atoms with Gasteiger partial charge in [0.2, 0.25) is 0 Å². The largest absolute Gasteiger partial charge is 0.497 e. The van der Waals surface area contributed by atoms with Gasteiger partial charge in [-0.1, -0.05) is 35.5 Å². The number of fused-ring (bicyclic) bond motifs is 1. The molecule has 0 saturated carbocycles. The third-order valence-corrected chi connectivity index (χ3v) is 5.72. The average Bonchev–Trinajstić information content (AvgIpc) is 3.04. The monoisotopic (exact) mass is 412 g/mol. The van der Waals surface area contributed by atoms with Crippen molar-refractivity contribution < 1.29 is 4.74 Å². The number of rotatable bonds is 5. The van der Waals surface area contributed by atoms with E-state index in [0.29, 0.717) is 27.0 Å². The van der Waals surface area contributed by atoms with Gasteiger partial charge in [0, 0.05) is 7.05 Å². The number of halogens is 1. The molecular formula is C20H17ClN4O2S. The fourth-order valence-corrected chi connectivity index (χ4v) is 4.01. The lowest BCUT2D eigenvalue weighted by atomic mass is 10.2. The smallest absolute Gasteiger partial charge is 0.266 e. The molecule has 4 rings (SSSR count). The first-order valence-corrected chi connectivity index (χ1v) is 9.90. The SMILES string of the molecule is COc1ccc(-n2c(SCc3ncc(Cl)n3C)nc3ccccc3c2=O)cc1. The predicted molar refractivity (Wildman–Crippen MR) is 112 cm³/mol. The van der Waals surface area contributed by atoms with Crippen molar-refractivity contribution in [1.29, 1.82) is 0 Å². The lowest BCUT2D eigenvalue weighted by Crippen LogP contribution is -2.21. The van der Waals surface area contributed by atoms with Crippen LogP contribution in [0.4, 0.5) is 0 Å². The van der Waals surface area contributed by atoms with Gasteiger partial charge in [0.1, 0.15) is 16.7 Å². The van der Waals surface area contributed by atoms with E-state index in [0.717, 1.165) is 17.3 Å². The van der Waals surface area contributed by atoms with Crippen LogP contribution in [0.5, 0.6) is 5.75 Å². The van der Waals surface area contributed by atoms with E-state index < -0.39 is 0 Å². The summed E-state index contributed by atoms with van der Waals surface area (Å²) in [6.07, 6.45) is 1.61. The first kappa shape index (κ1) is 18.6. The van der Waals surface area contributed by atoms with Crippen molar-refractivity contribution in [3.8, 4) is 11.4 Å². The Labute approximate surface area is 170 Å². The van der Waals surface area contributed by atoms with Gasteiger partial charge in [0.15, 0.2) is 5.16 Å². The number of nitrogens with zero attached hydrogens (tertiary/aromatic N) is 4. The molecule has 2 aromatic heterocycles. The quantitative estimate of drug-likeness (QED) is 0.365. The Hall–Kier alpha value is -2.77. The van der Waals surface area contributed by atoms with Gasteiger partial charge in [-0.2, -0.15) is 0 Å². The maximum absolute atomic E-state index is 13.2. The van der Waals surface area contributed by atoms with E-state index in [9.17, 15) is 4.79 Å². The summed E-state index contributed by atoms with van der Waals surface area (Å²) in [5.41, 5.74) is 1.28. The number of hydrogen-bond acceptors (Lipinski definition) is 5. The van der Waals surface area contributed by atoms with Crippen LogP contribution in [0.25, 0.3) is 16.6 Å². The number of aromatic nitrogens is 4. The maximum Gasteiger partial charge on any atom is 0.266 e. The Kier molecular flexibility index (Phi) is 5.11. The summed E-state index contributed by atoms with van der Waals surface area (Å²) >= 11 is 7.52. The van der Waals surface area contributed by atoms with Gasteiger partial charge in [-0.3, -0.25) is 9.36 Å². The van der Waals surface area contributed by atoms with E-state index in [1.165, 1.54) is 11.8 Å². The third kappa shape index (κ3) is 3.39. The maximum atomic E-state index is 13.2. The first-order valence-electron chi connectivity index (χ1n) is 8.53. The summed E-state index contributed by atoms with van der Waals surface area (Å²) in [5, 5.41) is 1.73. The minimum Gasteiger partial charge on any atom is -0.497 e. The lowest BCUT2D eigenvalue weighted by molar-refractivity contribution is 0.414. The topological polar surface area (TPSA) is 61.9 Å². The van der Waals surface area contributed by atoms with Crippen molar-refractivity contribution in [3.05, 3.63) is 76.1 Å². The molecule has 0 aliphatic heterocycles. The highest BCUT2D eigenvalue weighted by Gasteiger charge is 2.15. The molecule has 0 saturated heterocycles. The molecular weight excluding hydrogens is 396 g/mol. The number of imidazole rings is 1. The molecule has 0 fully saturated rings. The number of hydrogen-bond donors (Lipinski definition) is 0. The zero-order valence-corrected chi connectivity index (χ0v) is 16.9. The molecule has 2 heterocycles. The van der Waals surface area contributed by atoms with E-state index in [2.05, 4.69) is 4.98 Å². The van der Waals surface area contributed by atoms with Gasteiger partial charge in [-0.05, 0) is 36.4 Å². The van der Waals surface area contributed by atoms with Gasteiger partial charge in [-0.25, -0.2) is 9.97 Å². The Morgan fingerprint density at radius 1 is 1.14 bits per heavy atom. The second kappa shape index (κ2) is 7.69. The third-order valence-electron chi connectivity index (χ3n) is 4.43. The number of para-hydroxylation sites is 1. The molecule has 4 aromatic rings. The molecule has 0 amide bonds. The molecule has 0 unspecified atom stereocenters. The molecule has 0 radical (unpaired) electrons. The minimum atomic E-state index is -0.115. The average molecular weight is 413 g/mol. The molecule has 6 nitrogen and oxygen atoms in total. The highest BCUT2D eigenvalue weighted by Crippen LogP contribution is 2.25. The van der Waals surface area contributed by atoms with E-state index in [1.54, 1.807) is 23.9 Å². The first-order chi connectivity index (χ1) is 13.6. The van der Waals surface area contributed by atoms with Crippen LogP contribution in [-0.2, 0) is 12.8 Å². The van der Waals surface area contributed by atoms with Crippen LogP contribution in [0.15, 0.2) is 64.7 Å². The van der Waals surface area contributed by atoms with Crippen LogP contribution >= 0.6 is 23.4 Å². The van der Waals surface area contributed by atoms with Crippen molar-refractivity contribution in [2.24, 2.45) is 7.05 Å². The van der Waals surface area contributed by atoms with Crippen molar-refractivity contribution in [2.45, 2.75) is 10.9 Å². The standard InChI is InChI=1S/C20H17ClN4O2S/c1-24-17(21)11-22-18(24)12-28-20-23-16-6-4-3-5-15(16)19(26)25(20)13-7-9-14(27-2)10-8-13/h3-11H,12H2,1-2H3.